The van der Waals surface area contributed by atoms with Crippen LogP contribution in [0.1, 0.15) is 29.3 Å². The Morgan fingerprint density at radius 1 is 1.29 bits per heavy atom. The average Bonchev–Trinajstić information content (AvgIpc) is 2.71. The van der Waals surface area contributed by atoms with E-state index in [0.717, 1.165) is 17.7 Å². The highest BCUT2D eigenvalue weighted by Gasteiger charge is 2.10. The molecule has 1 aromatic heterocycles. The van der Waals surface area contributed by atoms with E-state index in [2.05, 4.69) is 44.1 Å². The first kappa shape index (κ1) is 11.9. The number of hydrogen-bond acceptors (Lipinski definition) is 2. The van der Waals surface area contributed by atoms with Crippen molar-refractivity contribution >= 4 is 0 Å². The molecule has 0 unspecified atom stereocenters. The van der Waals surface area contributed by atoms with Crippen molar-refractivity contribution in [2.45, 2.75) is 33.7 Å². The predicted molar refractivity (Wildman–Crippen MR) is 70.3 cm³/mol. The minimum atomic E-state index is 0.550. The van der Waals surface area contributed by atoms with E-state index in [4.69, 9.17) is 5.73 Å². The van der Waals surface area contributed by atoms with Crippen LogP contribution in [0.3, 0.4) is 0 Å². The molecule has 0 saturated carbocycles. The Balaban J connectivity index is 2.56. The van der Waals surface area contributed by atoms with Crippen LogP contribution in [0, 0.1) is 13.8 Å². The summed E-state index contributed by atoms with van der Waals surface area (Å²) in [5, 5.41) is 4.46. The number of hydrogen-bond donors (Lipinski definition) is 1. The van der Waals surface area contributed by atoms with Gasteiger partial charge in [-0.05, 0) is 31.9 Å². The summed E-state index contributed by atoms with van der Waals surface area (Å²) in [5.74, 6) is 0. The maximum atomic E-state index is 5.73. The van der Waals surface area contributed by atoms with Gasteiger partial charge in [-0.2, -0.15) is 5.10 Å². The molecule has 2 N–H and O–H groups in total. The van der Waals surface area contributed by atoms with Crippen molar-refractivity contribution in [3.8, 4) is 5.69 Å². The summed E-state index contributed by atoms with van der Waals surface area (Å²) in [5.41, 5.74) is 11.7. The van der Waals surface area contributed by atoms with E-state index in [0.29, 0.717) is 6.54 Å². The maximum Gasteiger partial charge on any atom is 0.0678 e. The molecule has 3 heteroatoms. The third kappa shape index (κ3) is 2.11. The van der Waals surface area contributed by atoms with Crippen LogP contribution < -0.4 is 5.73 Å². The molecule has 2 rings (SSSR count). The number of rotatable bonds is 3. The van der Waals surface area contributed by atoms with Gasteiger partial charge in [0.2, 0.25) is 0 Å². The zero-order valence-electron chi connectivity index (χ0n) is 10.7. The van der Waals surface area contributed by atoms with Crippen LogP contribution in [0.25, 0.3) is 5.69 Å². The van der Waals surface area contributed by atoms with Crippen molar-refractivity contribution in [2.75, 3.05) is 0 Å². The number of aromatic nitrogens is 2. The Kier molecular flexibility index (Phi) is 3.29. The third-order valence-corrected chi connectivity index (χ3v) is 3.09. The molecule has 0 saturated heterocycles. The lowest BCUT2D eigenvalue weighted by Gasteiger charge is -2.11. The molecule has 0 aliphatic rings. The Morgan fingerprint density at radius 2 is 2.06 bits per heavy atom. The second kappa shape index (κ2) is 4.72. The first-order chi connectivity index (χ1) is 8.17. The maximum absolute atomic E-state index is 5.73. The van der Waals surface area contributed by atoms with Gasteiger partial charge >= 0.3 is 0 Å². The zero-order valence-corrected chi connectivity index (χ0v) is 10.7. The lowest BCUT2D eigenvalue weighted by Crippen LogP contribution is -2.06. The highest BCUT2D eigenvalue weighted by molar-refractivity contribution is 5.44. The van der Waals surface area contributed by atoms with Crippen LogP contribution in [0.15, 0.2) is 24.4 Å². The summed E-state index contributed by atoms with van der Waals surface area (Å²) < 4.78 is 2.01. The van der Waals surface area contributed by atoms with Crippen molar-refractivity contribution in [1.29, 1.82) is 0 Å². The van der Waals surface area contributed by atoms with Gasteiger partial charge in [0.25, 0.3) is 0 Å². The molecule has 1 heterocycles. The summed E-state index contributed by atoms with van der Waals surface area (Å²) in [6.07, 6.45) is 2.82. The highest BCUT2D eigenvalue weighted by atomic mass is 15.3. The van der Waals surface area contributed by atoms with E-state index in [-0.39, 0.29) is 0 Å². The molecular formula is C14H19N3. The number of aryl methyl sites for hydroxylation is 2. The molecule has 0 aliphatic heterocycles. The zero-order chi connectivity index (χ0) is 12.4. The average molecular weight is 229 g/mol. The Morgan fingerprint density at radius 3 is 2.65 bits per heavy atom. The molecule has 0 atom stereocenters. The molecule has 0 radical (unpaired) electrons. The van der Waals surface area contributed by atoms with Gasteiger partial charge in [0, 0.05) is 17.8 Å². The predicted octanol–water partition coefficient (Wildman–Crippen LogP) is 2.51. The van der Waals surface area contributed by atoms with Crippen molar-refractivity contribution in [3.63, 3.8) is 0 Å². The highest BCUT2D eigenvalue weighted by Crippen LogP contribution is 2.19. The van der Waals surface area contributed by atoms with E-state index in [1.54, 1.807) is 0 Å². The van der Waals surface area contributed by atoms with Crippen LogP contribution in [0.4, 0.5) is 0 Å². The number of nitrogens with two attached hydrogens (primary N) is 1. The monoisotopic (exact) mass is 229 g/mol. The molecule has 0 bridgehead atoms. The van der Waals surface area contributed by atoms with Crippen molar-refractivity contribution in [1.82, 2.24) is 9.78 Å². The minimum absolute atomic E-state index is 0.550. The fourth-order valence-corrected chi connectivity index (χ4v) is 2.21. The van der Waals surface area contributed by atoms with Gasteiger partial charge < -0.3 is 5.73 Å². The fraction of sp³-hybridized carbons (Fsp3) is 0.357. The van der Waals surface area contributed by atoms with Crippen molar-refractivity contribution in [2.24, 2.45) is 5.73 Å². The van der Waals surface area contributed by atoms with Crippen LogP contribution in [-0.2, 0) is 13.0 Å². The van der Waals surface area contributed by atoms with Crippen LogP contribution in [0.5, 0.6) is 0 Å². The smallest absolute Gasteiger partial charge is 0.0678 e. The van der Waals surface area contributed by atoms with Gasteiger partial charge in [-0.25, -0.2) is 4.68 Å². The van der Waals surface area contributed by atoms with E-state index in [1.165, 1.54) is 16.8 Å². The molecule has 3 nitrogen and oxygen atoms in total. The molecule has 90 valence electrons. The largest absolute Gasteiger partial charge is 0.326 e. The molecular weight excluding hydrogens is 210 g/mol. The molecule has 0 spiro atoms. The number of benzene rings is 1. The molecule has 1 aromatic carbocycles. The summed E-state index contributed by atoms with van der Waals surface area (Å²) in [6.45, 7) is 6.90. The van der Waals surface area contributed by atoms with Gasteiger partial charge in [0.1, 0.15) is 0 Å². The molecule has 0 amide bonds. The lowest BCUT2D eigenvalue weighted by atomic mass is 10.1. The molecule has 17 heavy (non-hydrogen) atoms. The normalized spacial score (nSPS) is 10.8. The summed E-state index contributed by atoms with van der Waals surface area (Å²) >= 11 is 0. The molecule has 2 aromatic rings. The second-order valence-corrected chi connectivity index (χ2v) is 4.38. The molecule has 0 aliphatic carbocycles. The van der Waals surface area contributed by atoms with E-state index in [9.17, 15) is 0 Å². The summed E-state index contributed by atoms with van der Waals surface area (Å²) in [6, 6.07) is 6.42. The van der Waals surface area contributed by atoms with Crippen molar-refractivity contribution in [3.05, 3.63) is 46.8 Å². The van der Waals surface area contributed by atoms with Gasteiger partial charge in [-0.1, -0.05) is 24.6 Å². The van der Waals surface area contributed by atoms with Gasteiger partial charge in [-0.3, -0.25) is 0 Å². The third-order valence-electron chi connectivity index (χ3n) is 3.09. The summed E-state index contributed by atoms with van der Waals surface area (Å²) in [7, 11) is 0. The van der Waals surface area contributed by atoms with E-state index < -0.39 is 0 Å². The Hall–Kier alpha value is -1.61. The van der Waals surface area contributed by atoms with Gasteiger partial charge in [0.05, 0.1) is 11.9 Å². The first-order valence-electron chi connectivity index (χ1n) is 6.00. The van der Waals surface area contributed by atoms with E-state index >= 15 is 0 Å². The number of nitrogens with zero attached hydrogens (tertiary/aromatic N) is 2. The Bertz CT molecular complexity index is 526. The van der Waals surface area contributed by atoms with Crippen LogP contribution in [0.2, 0.25) is 0 Å². The SMILES string of the molecule is CCc1c(CN)cnn1-c1ccc(C)cc1C. The summed E-state index contributed by atoms with van der Waals surface area (Å²) in [4.78, 5) is 0. The van der Waals surface area contributed by atoms with Crippen molar-refractivity contribution < 1.29 is 0 Å². The quantitative estimate of drug-likeness (QED) is 0.878. The first-order valence-corrected chi connectivity index (χ1v) is 6.00. The minimum Gasteiger partial charge on any atom is -0.326 e. The van der Waals surface area contributed by atoms with Crippen LogP contribution in [-0.4, -0.2) is 9.78 Å². The van der Waals surface area contributed by atoms with Crippen LogP contribution >= 0.6 is 0 Å². The second-order valence-electron chi connectivity index (χ2n) is 4.38. The van der Waals surface area contributed by atoms with Gasteiger partial charge in [-0.15, -0.1) is 0 Å². The van der Waals surface area contributed by atoms with E-state index in [1.807, 2.05) is 10.9 Å². The standard InChI is InChI=1S/C14H19N3/c1-4-13-12(8-15)9-16-17(13)14-6-5-10(2)7-11(14)3/h5-7,9H,4,8,15H2,1-3H3. The Labute approximate surface area is 102 Å². The molecule has 0 fully saturated rings. The fourth-order valence-electron chi connectivity index (χ4n) is 2.21. The van der Waals surface area contributed by atoms with Gasteiger partial charge in [0.15, 0.2) is 0 Å². The lowest BCUT2D eigenvalue weighted by molar-refractivity contribution is 0.802. The topological polar surface area (TPSA) is 43.8 Å².